The first-order valence-electron chi connectivity index (χ1n) is 5.56. The van der Waals surface area contributed by atoms with Crippen molar-refractivity contribution < 1.29 is 17.9 Å². The van der Waals surface area contributed by atoms with E-state index in [9.17, 15) is 13.2 Å². The van der Waals surface area contributed by atoms with Crippen molar-refractivity contribution in [2.75, 3.05) is 6.61 Å². The molecule has 0 saturated carbocycles. The highest BCUT2D eigenvalue weighted by atomic mass is 35.5. The van der Waals surface area contributed by atoms with Gasteiger partial charge in [0.2, 0.25) is 0 Å². The summed E-state index contributed by atoms with van der Waals surface area (Å²) in [5, 5.41) is 0.374. The van der Waals surface area contributed by atoms with Gasteiger partial charge >= 0.3 is 6.18 Å². The third-order valence-corrected chi connectivity index (χ3v) is 2.81. The maximum atomic E-state index is 12.1. The molecule has 0 radical (unpaired) electrons. The van der Waals surface area contributed by atoms with E-state index < -0.39 is 12.8 Å². The number of halogens is 4. The summed E-state index contributed by atoms with van der Waals surface area (Å²) in [5.74, 6) is 0.142. The van der Waals surface area contributed by atoms with Gasteiger partial charge in [-0.25, -0.2) is 0 Å². The lowest BCUT2D eigenvalue weighted by atomic mass is 10.0. The predicted octanol–water partition coefficient (Wildman–Crippen LogP) is 3.56. The van der Waals surface area contributed by atoms with Crippen molar-refractivity contribution in [1.29, 1.82) is 0 Å². The summed E-state index contributed by atoms with van der Waals surface area (Å²) in [6.45, 7) is 0.569. The van der Waals surface area contributed by atoms with E-state index in [1.807, 2.05) is 6.92 Å². The van der Waals surface area contributed by atoms with Crippen molar-refractivity contribution in [3.63, 3.8) is 0 Å². The van der Waals surface area contributed by atoms with Crippen molar-refractivity contribution in [2.45, 2.75) is 32.0 Å². The first-order valence-corrected chi connectivity index (χ1v) is 5.93. The SMILES string of the molecule is CCC(N)Cc1c(Cl)cccc1OCC(F)(F)F. The Kier molecular flexibility index (Phi) is 5.28. The molecule has 102 valence electrons. The van der Waals surface area contributed by atoms with E-state index in [1.165, 1.54) is 6.07 Å². The molecule has 0 spiro atoms. The number of hydrogen-bond acceptors (Lipinski definition) is 2. The van der Waals surface area contributed by atoms with Crippen molar-refractivity contribution in [2.24, 2.45) is 5.73 Å². The van der Waals surface area contributed by atoms with Crippen molar-refractivity contribution in [1.82, 2.24) is 0 Å². The predicted molar refractivity (Wildman–Crippen MR) is 65.0 cm³/mol. The molecule has 0 amide bonds. The third kappa shape index (κ3) is 4.74. The van der Waals surface area contributed by atoms with Crippen molar-refractivity contribution in [3.8, 4) is 5.75 Å². The molecule has 1 atom stereocenters. The molecule has 2 N–H and O–H groups in total. The first-order chi connectivity index (χ1) is 8.33. The maximum absolute atomic E-state index is 12.1. The normalized spacial score (nSPS) is 13.4. The second-order valence-electron chi connectivity index (χ2n) is 3.99. The standard InChI is InChI=1S/C12H15ClF3NO/c1-2-8(17)6-9-10(13)4-3-5-11(9)18-7-12(14,15)16/h3-5,8H,2,6-7,17H2,1H3. The minimum Gasteiger partial charge on any atom is -0.484 e. The Morgan fingerprint density at radius 3 is 2.61 bits per heavy atom. The Bertz CT molecular complexity index is 395. The minimum absolute atomic E-state index is 0.142. The maximum Gasteiger partial charge on any atom is 0.422 e. The number of alkyl halides is 3. The van der Waals surface area contributed by atoms with E-state index in [1.54, 1.807) is 12.1 Å². The van der Waals surface area contributed by atoms with Crippen LogP contribution >= 0.6 is 11.6 Å². The minimum atomic E-state index is -4.37. The molecule has 0 aliphatic heterocycles. The Balaban J connectivity index is 2.86. The van der Waals surface area contributed by atoms with Crippen LogP contribution in [-0.2, 0) is 6.42 Å². The van der Waals surface area contributed by atoms with E-state index >= 15 is 0 Å². The topological polar surface area (TPSA) is 35.2 Å². The number of rotatable bonds is 5. The van der Waals surface area contributed by atoms with Gasteiger partial charge in [0.15, 0.2) is 6.61 Å². The molecule has 0 aliphatic carbocycles. The van der Waals surface area contributed by atoms with Gasteiger partial charge in [0.1, 0.15) is 5.75 Å². The molecular formula is C12H15ClF3NO. The van der Waals surface area contributed by atoms with Crippen LogP contribution in [0.2, 0.25) is 5.02 Å². The van der Waals surface area contributed by atoms with Gasteiger partial charge in [-0.1, -0.05) is 24.6 Å². The second-order valence-corrected chi connectivity index (χ2v) is 4.40. The largest absolute Gasteiger partial charge is 0.484 e. The van der Waals surface area contributed by atoms with Crippen molar-refractivity contribution >= 4 is 11.6 Å². The third-order valence-electron chi connectivity index (χ3n) is 2.46. The average molecular weight is 282 g/mol. The molecule has 1 unspecified atom stereocenters. The Labute approximate surface area is 109 Å². The summed E-state index contributed by atoms with van der Waals surface area (Å²) in [4.78, 5) is 0. The van der Waals surface area contributed by atoms with E-state index in [0.717, 1.165) is 0 Å². The highest BCUT2D eigenvalue weighted by Gasteiger charge is 2.29. The van der Waals surface area contributed by atoms with E-state index in [2.05, 4.69) is 0 Å². The molecule has 0 bridgehead atoms. The fourth-order valence-electron chi connectivity index (χ4n) is 1.44. The Hall–Kier alpha value is -0.940. The van der Waals surface area contributed by atoms with Gasteiger partial charge in [-0.05, 0) is 25.0 Å². The van der Waals surface area contributed by atoms with Crippen LogP contribution in [0.3, 0.4) is 0 Å². The second kappa shape index (κ2) is 6.29. The molecule has 0 heterocycles. The van der Waals surface area contributed by atoms with Crippen molar-refractivity contribution in [3.05, 3.63) is 28.8 Å². The number of ether oxygens (including phenoxy) is 1. The van der Waals surface area contributed by atoms with Crippen LogP contribution in [0.15, 0.2) is 18.2 Å². The van der Waals surface area contributed by atoms with Crippen LogP contribution in [0.25, 0.3) is 0 Å². The molecule has 0 saturated heterocycles. The Morgan fingerprint density at radius 1 is 1.39 bits per heavy atom. The molecule has 6 heteroatoms. The van der Waals surface area contributed by atoms with E-state index in [-0.39, 0.29) is 11.8 Å². The average Bonchev–Trinajstić information content (AvgIpc) is 2.28. The summed E-state index contributed by atoms with van der Waals surface area (Å²) >= 11 is 5.96. The number of nitrogens with two attached hydrogens (primary N) is 1. The molecule has 18 heavy (non-hydrogen) atoms. The van der Waals surface area contributed by atoms with Gasteiger partial charge in [-0.2, -0.15) is 13.2 Å². The Morgan fingerprint density at radius 2 is 2.06 bits per heavy atom. The van der Waals surface area contributed by atoms with Crippen LogP contribution in [-0.4, -0.2) is 18.8 Å². The molecule has 0 aromatic heterocycles. The molecular weight excluding hydrogens is 267 g/mol. The van der Waals surface area contributed by atoms with Gasteiger partial charge < -0.3 is 10.5 Å². The molecule has 1 aromatic carbocycles. The summed E-state index contributed by atoms with van der Waals surface area (Å²) in [6, 6.07) is 4.47. The molecule has 1 aromatic rings. The molecule has 1 rings (SSSR count). The van der Waals surface area contributed by atoms with Gasteiger partial charge in [0.25, 0.3) is 0 Å². The smallest absolute Gasteiger partial charge is 0.422 e. The fourth-order valence-corrected chi connectivity index (χ4v) is 1.68. The molecule has 0 aliphatic rings. The van der Waals surface area contributed by atoms with Crippen LogP contribution in [0.4, 0.5) is 13.2 Å². The fraction of sp³-hybridized carbons (Fsp3) is 0.500. The van der Waals surface area contributed by atoms with Gasteiger partial charge in [0.05, 0.1) is 0 Å². The molecule has 2 nitrogen and oxygen atoms in total. The van der Waals surface area contributed by atoms with Crippen LogP contribution in [0, 0.1) is 0 Å². The van der Waals surface area contributed by atoms with Crippen LogP contribution < -0.4 is 10.5 Å². The van der Waals surface area contributed by atoms with Crippen LogP contribution in [0.1, 0.15) is 18.9 Å². The van der Waals surface area contributed by atoms with Crippen LogP contribution in [0.5, 0.6) is 5.75 Å². The lowest BCUT2D eigenvalue weighted by Gasteiger charge is -2.16. The highest BCUT2D eigenvalue weighted by molar-refractivity contribution is 6.31. The lowest BCUT2D eigenvalue weighted by Crippen LogP contribution is -2.23. The first kappa shape index (κ1) is 15.1. The number of hydrogen-bond donors (Lipinski definition) is 1. The number of benzene rings is 1. The summed E-state index contributed by atoms with van der Waals surface area (Å²) in [6.07, 6.45) is -3.26. The van der Waals surface area contributed by atoms with Gasteiger partial charge in [-0.15, -0.1) is 0 Å². The summed E-state index contributed by atoms with van der Waals surface area (Å²) in [7, 11) is 0. The van der Waals surface area contributed by atoms with Gasteiger partial charge in [0, 0.05) is 16.6 Å². The summed E-state index contributed by atoms with van der Waals surface area (Å²) < 4.78 is 41.1. The van der Waals surface area contributed by atoms with E-state index in [4.69, 9.17) is 22.1 Å². The molecule has 0 fully saturated rings. The summed E-state index contributed by atoms with van der Waals surface area (Å²) in [5.41, 5.74) is 6.31. The van der Waals surface area contributed by atoms with E-state index in [0.29, 0.717) is 23.4 Å². The highest BCUT2D eigenvalue weighted by Crippen LogP contribution is 2.29. The van der Waals surface area contributed by atoms with Gasteiger partial charge in [-0.3, -0.25) is 0 Å². The zero-order valence-corrected chi connectivity index (χ0v) is 10.7. The monoisotopic (exact) mass is 281 g/mol. The lowest BCUT2D eigenvalue weighted by molar-refractivity contribution is -0.153. The zero-order chi connectivity index (χ0) is 13.8. The zero-order valence-electron chi connectivity index (χ0n) is 9.93. The quantitative estimate of drug-likeness (QED) is 0.896.